The van der Waals surface area contributed by atoms with E-state index in [2.05, 4.69) is 11.6 Å². The van der Waals surface area contributed by atoms with Crippen molar-refractivity contribution in [3.63, 3.8) is 0 Å². The summed E-state index contributed by atoms with van der Waals surface area (Å²) >= 11 is 7.10. The first kappa shape index (κ1) is 34.2. The van der Waals surface area contributed by atoms with Gasteiger partial charge in [0.25, 0.3) is 0 Å². The number of carbonyl (C=O) groups excluding carboxylic acids is 2. The minimum Gasteiger partial charge on any atom is -0.381 e. The largest absolute Gasteiger partial charge is 0.417 e. The van der Waals surface area contributed by atoms with E-state index in [1.54, 1.807) is 4.90 Å². The maximum absolute atomic E-state index is 15.5. The summed E-state index contributed by atoms with van der Waals surface area (Å²) in [7, 11) is 1.45. The van der Waals surface area contributed by atoms with Gasteiger partial charge in [-0.15, -0.1) is 11.8 Å². The number of hydrogen-bond acceptors (Lipinski definition) is 5. The van der Waals surface area contributed by atoms with Gasteiger partial charge in [-0.05, 0) is 44.9 Å². The van der Waals surface area contributed by atoms with Crippen LogP contribution in [0.2, 0.25) is 5.02 Å². The molecule has 2 saturated heterocycles. The molecule has 3 aliphatic rings. The Morgan fingerprint density at radius 2 is 1.76 bits per heavy atom. The third-order valence-electron chi connectivity index (χ3n) is 9.00. The Hall–Kier alpha value is -3.16. The van der Waals surface area contributed by atoms with E-state index in [4.69, 9.17) is 16.3 Å². The van der Waals surface area contributed by atoms with Crippen LogP contribution in [-0.2, 0) is 20.5 Å². The molecule has 2 atom stereocenters. The number of anilines is 1. The molecule has 2 amide bonds. The van der Waals surface area contributed by atoms with E-state index in [0.29, 0.717) is 44.3 Å². The van der Waals surface area contributed by atoms with Crippen molar-refractivity contribution in [2.75, 3.05) is 50.5 Å². The second-order valence-corrected chi connectivity index (χ2v) is 13.4. The van der Waals surface area contributed by atoms with E-state index in [1.165, 1.54) is 18.0 Å². The molecule has 14 heteroatoms. The van der Waals surface area contributed by atoms with Gasteiger partial charge in [0.2, 0.25) is 12.3 Å². The van der Waals surface area contributed by atoms with Gasteiger partial charge in [-0.25, -0.2) is 8.78 Å². The molecule has 7 nitrogen and oxygen atoms in total. The summed E-state index contributed by atoms with van der Waals surface area (Å²) in [5.41, 5.74) is -2.53. The van der Waals surface area contributed by atoms with Crippen molar-refractivity contribution >= 4 is 47.2 Å². The number of fused-ring (bicyclic) bond motifs is 1. The van der Waals surface area contributed by atoms with Gasteiger partial charge in [0.1, 0.15) is 17.5 Å². The smallest absolute Gasteiger partial charge is 0.381 e. The number of alkyl halides is 3. The van der Waals surface area contributed by atoms with Crippen LogP contribution in [0.15, 0.2) is 40.7 Å². The Labute approximate surface area is 273 Å². The molecule has 0 aromatic heterocycles. The number of piperazine rings is 1. The van der Waals surface area contributed by atoms with Gasteiger partial charge in [-0.3, -0.25) is 14.6 Å². The summed E-state index contributed by atoms with van der Waals surface area (Å²) < 4.78 is 80.6. The van der Waals surface area contributed by atoms with Crippen molar-refractivity contribution in [1.29, 1.82) is 0 Å². The van der Waals surface area contributed by atoms with Crippen LogP contribution in [0.4, 0.5) is 27.6 Å². The Balaban J connectivity index is 1.80. The van der Waals surface area contributed by atoms with Crippen molar-refractivity contribution in [3.8, 4) is 11.1 Å². The number of hydrogen-bond donors (Lipinski definition) is 0. The lowest BCUT2D eigenvalue weighted by atomic mass is 9.81. The van der Waals surface area contributed by atoms with Crippen LogP contribution >= 0.6 is 23.4 Å². The fourth-order valence-corrected chi connectivity index (χ4v) is 8.33. The molecule has 2 fully saturated rings. The molecule has 46 heavy (non-hydrogen) atoms. The monoisotopic (exact) mass is 684 g/mol. The molecule has 0 saturated carbocycles. The summed E-state index contributed by atoms with van der Waals surface area (Å²) in [6.07, 6.45) is -2.07. The molecule has 0 bridgehead atoms. The van der Waals surface area contributed by atoms with Crippen LogP contribution in [0.1, 0.15) is 37.8 Å². The summed E-state index contributed by atoms with van der Waals surface area (Å²) in [5, 5.41) is -0.542. The Bertz CT molecular complexity index is 1580. The number of amidine groups is 1. The van der Waals surface area contributed by atoms with Crippen molar-refractivity contribution in [3.05, 3.63) is 58.6 Å². The third kappa shape index (κ3) is 6.25. The highest BCUT2D eigenvalue weighted by Crippen LogP contribution is 2.53. The molecule has 248 valence electrons. The fraction of sp³-hybridized carbons (Fsp3) is 0.469. The van der Waals surface area contributed by atoms with Crippen LogP contribution in [-0.4, -0.2) is 85.7 Å². The van der Waals surface area contributed by atoms with E-state index in [9.17, 15) is 14.0 Å². The quantitative estimate of drug-likeness (QED) is 0.0902. The summed E-state index contributed by atoms with van der Waals surface area (Å²) in [6, 6.07) is 1.50. The molecule has 3 heterocycles. The average molecular weight is 685 g/mol. The van der Waals surface area contributed by atoms with E-state index in [1.807, 2.05) is 18.7 Å². The van der Waals surface area contributed by atoms with E-state index < -0.39 is 44.9 Å². The predicted molar refractivity (Wildman–Crippen MR) is 168 cm³/mol. The predicted octanol–water partition coefficient (Wildman–Crippen LogP) is 6.65. The molecule has 2 aromatic carbocycles. The number of carbonyl (C=O) groups is 2. The van der Waals surface area contributed by atoms with Crippen molar-refractivity contribution in [2.45, 2.75) is 49.8 Å². The molecular formula is C32H34ClF5N4O3S. The number of nitrogens with zero attached hydrogens (tertiary/aromatic N) is 4. The van der Waals surface area contributed by atoms with Gasteiger partial charge in [0, 0.05) is 90.8 Å². The van der Waals surface area contributed by atoms with E-state index in [0.717, 1.165) is 23.9 Å². The zero-order valence-corrected chi connectivity index (χ0v) is 27.2. The Morgan fingerprint density at radius 1 is 1.11 bits per heavy atom. The van der Waals surface area contributed by atoms with Crippen LogP contribution in [0.5, 0.6) is 0 Å². The van der Waals surface area contributed by atoms with Crippen molar-refractivity contribution in [2.24, 2.45) is 10.4 Å². The number of aliphatic imine (C=N–C) groups is 1. The molecule has 1 spiro atoms. The van der Waals surface area contributed by atoms with Gasteiger partial charge in [0.05, 0.1) is 16.3 Å². The first-order valence-corrected chi connectivity index (χ1v) is 16.1. The average Bonchev–Trinajstić information content (AvgIpc) is 3.17. The first-order chi connectivity index (χ1) is 21.7. The van der Waals surface area contributed by atoms with Gasteiger partial charge in [0.15, 0.2) is 0 Å². The summed E-state index contributed by atoms with van der Waals surface area (Å²) in [6.45, 7) is 8.74. The summed E-state index contributed by atoms with van der Waals surface area (Å²) in [5.74, 6) is -2.09. The fourth-order valence-electron chi connectivity index (χ4n) is 6.61. The van der Waals surface area contributed by atoms with E-state index in [-0.39, 0.29) is 59.6 Å². The van der Waals surface area contributed by atoms with Crippen molar-refractivity contribution < 1.29 is 36.3 Å². The number of amides is 2. The normalized spacial score (nSPS) is 22.0. The lowest BCUT2D eigenvalue weighted by molar-refractivity contribution is -0.137. The van der Waals surface area contributed by atoms with Gasteiger partial charge in [-0.1, -0.05) is 18.2 Å². The van der Waals surface area contributed by atoms with Crippen LogP contribution in [0.3, 0.4) is 0 Å². The molecule has 3 aliphatic heterocycles. The van der Waals surface area contributed by atoms with E-state index >= 15 is 17.6 Å². The molecule has 5 rings (SSSR count). The maximum atomic E-state index is 15.5. The highest BCUT2D eigenvalue weighted by Gasteiger charge is 2.45. The van der Waals surface area contributed by atoms with Crippen LogP contribution in [0.25, 0.3) is 11.1 Å². The topological polar surface area (TPSA) is 65.5 Å². The zero-order valence-electron chi connectivity index (χ0n) is 25.6. The zero-order chi connectivity index (χ0) is 33.6. The highest BCUT2D eigenvalue weighted by atomic mass is 35.5. The molecule has 0 N–H and O–H groups in total. The second kappa shape index (κ2) is 13.2. The number of thioether (sulfide) groups is 1. The highest BCUT2D eigenvalue weighted by molar-refractivity contribution is 7.99. The van der Waals surface area contributed by atoms with Gasteiger partial charge in [-0.2, -0.15) is 13.2 Å². The molecular weight excluding hydrogens is 651 g/mol. The Morgan fingerprint density at radius 3 is 2.37 bits per heavy atom. The first-order valence-electron chi connectivity index (χ1n) is 14.8. The van der Waals surface area contributed by atoms with Crippen LogP contribution < -0.4 is 4.90 Å². The number of halogens is 6. The van der Waals surface area contributed by atoms with Crippen LogP contribution in [0, 0.1) is 17.0 Å². The lowest BCUT2D eigenvalue weighted by Crippen LogP contribution is -2.59. The minimum atomic E-state index is -4.99. The van der Waals surface area contributed by atoms with Gasteiger partial charge >= 0.3 is 6.18 Å². The molecule has 1 unspecified atom stereocenters. The molecule has 2 aromatic rings. The van der Waals surface area contributed by atoms with Gasteiger partial charge < -0.3 is 19.4 Å². The SMILES string of the molecule is C=CC(=O)N1CC(C)N(C(=NC)c2cc(C(F)(F)F)c(-c3cc(Cl)c(F)cc3F)c3c2N(C=O)CC2(CCOCC2)CS3)C[C@H]1C. The third-order valence-corrected chi connectivity index (χ3v) is 10.7. The maximum Gasteiger partial charge on any atom is 0.417 e. The minimum absolute atomic E-state index is 0.0178. The Kier molecular flexibility index (Phi) is 9.77. The van der Waals surface area contributed by atoms with Crippen molar-refractivity contribution in [1.82, 2.24) is 9.80 Å². The molecule has 0 radical (unpaired) electrons. The second-order valence-electron chi connectivity index (χ2n) is 12.0. The number of ether oxygens (including phenoxy) is 1. The number of benzene rings is 2. The lowest BCUT2D eigenvalue weighted by Gasteiger charge is -2.45. The summed E-state index contributed by atoms with van der Waals surface area (Å²) in [4.78, 5) is 34.8. The number of rotatable bonds is 4. The molecule has 0 aliphatic carbocycles. The standard InChI is InChI=1S/C32H34ClF5N4O3S/c1-5-26(44)41-13-19(3)42(14-18(41)2)30(39-4)21-10-22(32(36,37)38)27(20-11-23(33)25(35)12-24(20)34)29-28(21)40(17-43)15-31(16-46-29)6-8-45-9-7-31/h5,10-12,17-19H,1,6-9,13-16H2,2-4H3/t18-,19?/m1/s1.